The average molecular weight is 217 g/mol. The lowest BCUT2D eigenvalue weighted by Crippen LogP contribution is -2.20. The van der Waals surface area contributed by atoms with E-state index >= 15 is 0 Å². The minimum absolute atomic E-state index is 0.201. The third-order valence-electron chi connectivity index (χ3n) is 2.65. The second-order valence-electron chi connectivity index (χ2n) is 4.14. The Labute approximate surface area is 94.3 Å². The zero-order chi connectivity index (χ0) is 11.7. The van der Waals surface area contributed by atoms with Gasteiger partial charge < -0.3 is 9.78 Å². The number of carbonyl (C=O) groups is 1. The molecule has 0 saturated heterocycles. The van der Waals surface area contributed by atoms with Crippen molar-refractivity contribution in [2.24, 2.45) is 0 Å². The second-order valence-corrected chi connectivity index (χ2v) is 4.14. The molecule has 0 radical (unpaired) electrons. The normalized spacial score (nSPS) is 13.2. The average Bonchev–Trinajstić information content (AvgIpc) is 2.57. The minimum Gasteiger partial charge on any atom is -0.342 e. The number of H-pyrrole nitrogens is 1. The molecule has 4 nitrogen and oxygen atoms in total. The number of likely N-dealkylation sites (N-methyl/N-ethyl adjacent to an activating group) is 1. The van der Waals surface area contributed by atoms with Crippen LogP contribution in [0.25, 0.3) is 11.0 Å². The molecule has 1 unspecified atom stereocenters. The number of benzene rings is 1. The summed E-state index contributed by atoms with van der Waals surface area (Å²) >= 11 is 0. The molecule has 1 N–H and O–H groups in total. The molecular formula is C12H15N3O. The molecule has 1 aromatic carbocycles. The molecule has 0 saturated carbocycles. The molecule has 1 heterocycles. The van der Waals surface area contributed by atoms with Gasteiger partial charge in [-0.15, -0.1) is 0 Å². The van der Waals surface area contributed by atoms with Crippen LogP contribution in [-0.2, 0) is 4.79 Å². The van der Waals surface area contributed by atoms with Crippen molar-refractivity contribution >= 4 is 17.3 Å². The molecular weight excluding hydrogens is 202 g/mol. The molecule has 4 heteroatoms. The van der Waals surface area contributed by atoms with Crippen molar-refractivity contribution in [3.8, 4) is 0 Å². The van der Waals surface area contributed by atoms with E-state index in [2.05, 4.69) is 9.97 Å². The van der Waals surface area contributed by atoms with E-state index in [1.165, 1.54) is 0 Å². The molecule has 0 aliphatic rings. The highest BCUT2D eigenvalue weighted by atomic mass is 16.1. The van der Waals surface area contributed by atoms with Crippen molar-refractivity contribution < 1.29 is 4.79 Å². The van der Waals surface area contributed by atoms with Crippen molar-refractivity contribution in [3.05, 3.63) is 29.6 Å². The van der Waals surface area contributed by atoms with Crippen LogP contribution in [0.5, 0.6) is 0 Å². The van der Waals surface area contributed by atoms with Gasteiger partial charge in [0.2, 0.25) is 0 Å². The number of hydrogen-bond acceptors (Lipinski definition) is 3. The van der Waals surface area contributed by atoms with Crippen LogP contribution in [0.4, 0.5) is 0 Å². The van der Waals surface area contributed by atoms with E-state index in [1.807, 2.05) is 44.1 Å². The lowest BCUT2D eigenvalue weighted by atomic mass is 10.1. The van der Waals surface area contributed by atoms with Crippen LogP contribution in [0.2, 0.25) is 0 Å². The summed E-state index contributed by atoms with van der Waals surface area (Å²) in [7, 11) is 3.78. The predicted molar refractivity (Wildman–Crippen MR) is 63.3 cm³/mol. The predicted octanol–water partition coefficient (Wildman–Crippen LogP) is 1.67. The zero-order valence-electron chi connectivity index (χ0n) is 9.69. The first-order valence-electron chi connectivity index (χ1n) is 5.20. The van der Waals surface area contributed by atoms with Crippen LogP contribution < -0.4 is 0 Å². The van der Waals surface area contributed by atoms with Gasteiger partial charge in [0.05, 0.1) is 17.1 Å². The van der Waals surface area contributed by atoms with Crippen LogP contribution in [0.15, 0.2) is 18.2 Å². The van der Waals surface area contributed by atoms with Crippen LogP contribution in [-0.4, -0.2) is 35.2 Å². The Morgan fingerprint density at radius 2 is 2.19 bits per heavy atom. The number of aryl methyl sites for hydroxylation is 1. The SMILES string of the molecule is Cc1nc2ccc(C(C=O)N(C)C)cc2[nH]1. The number of nitrogens with zero attached hydrogens (tertiary/aromatic N) is 2. The lowest BCUT2D eigenvalue weighted by molar-refractivity contribution is -0.111. The molecule has 2 rings (SSSR count). The number of rotatable bonds is 3. The maximum Gasteiger partial charge on any atom is 0.141 e. The summed E-state index contributed by atoms with van der Waals surface area (Å²) in [6.45, 7) is 1.92. The Bertz CT molecular complexity index is 516. The number of hydrogen-bond donors (Lipinski definition) is 1. The van der Waals surface area contributed by atoms with Gasteiger partial charge in [0.15, 0.2) is 0 Å². The monoisotopic (exact) mass is 217 g/mol. The maximum atomic E-state index is 11.0. The van der Waals surface area contributed by atoms with Gasteiger partial charge in [0.25, 0.3) is 0 Å². The number of nitrogens with one attached hydrogen (secondary N) is 1. The number of aromatic nitrogens is 2. The topological polar surface area (TPSA) is 49.0 Å². The third-order valence-corrected chi connectivity index (χ3v) is 2.65. The second kappa shape index (κ2) is 4.06. The van der Waals surface area contributed by atoms with E-state index in [0.717, 1.165) is 28.7 Å². The van der Waals surface area contributed by atoms with E-state index in [4.69, 9.17) is 0 Å². The van der Waals surface area contributed by atoms with E-state index in [0.29, 0.717) is 0 Å². The van der Waals surface area contributed by atoms with Crippen molar-refractivity contribution in [1.82, 2.24) is 14.9 Å². The van der Waals surface area contributed by atoms with E-state index < -0.39 is 0 Å². The third kappa shape index (κ3) is 1.84. The largest absolute Gasteiger partial charge is 0.342 e. The van der Waals surface area contributed by atoms with E-state index in [-0.39, 0.29) is 6.04 Å². The number of aromatic amines is 1. The first-order chi connectivity index (χ1) is 7.61. The molecule has 0 fully saturated rings. The number of carbonyl (C=O) groups excluding carboxylic acids is 1. The van der Waals surface area contributed by atoms with Crippen LogP contribution in [0, 0.1) is 6.92 Å². The first kappa shape index (κ1) is 10.8. The lowest BCUT2D eigenvalue weighted by Gasteiger charge is -2.18. The van der Waals surface area contributed by atoms with Crippen LogP contribution >= 0.6 is 0 Å². The van der Waals surface area contributed by atoms with Gasteiger partial charge in [-0.05, 0) is 38.7 Å². The molecule has 0 aliphatic carbocycles. The molecule has 0 aliphatic heterocycles. The molecule has 1 atom stereocenters. The number of fused-ring (bicyclic) bond motifs is 1. The van der Waals surface area contributed by atoms with Crippen LogP contribution in [0.1, 0.15) is 17.4 Å². The van der Waals surface area contributed by atoms with Crippen molar-refractivity contribution in [2.75, 3.05) is 14.1 Å². The molecule has 16 heavy (non-hydrogen) atoms. The van der Waals surface area contributed by atoms with Crippen molar-refractivity contribution in [2.45, 2.75) is 13.0 Å². The van der Waals surface area contributed by atoms with Crippen LogP contribution in [0.3, 0.4) is 0 Å². The smallest absolute Gasteiger partial charge is 0.141 e. The first-order valence-corrected chi connectivity index (χ1v) is 5.20. The quantitative estimate of drug-likeness (QED) is 0.796. The fourth-order valence-electron chi connectivity index (χ4n) is 1.84. The summed E-state index contributed by atoms with van der Waals surface area (Å²) in [5, 5.41) is 0. The van der Waals surface area contributed by atoms with Crippen molar-refractivity contribution in [1.29, 1.82) is 0 Å². The molecule has 84 valence electrons. The van der Waals surface area contributed by atoms with E-state index in [9.17, 15) is 4.79 Å². The van der Waals surface area contributed by atoms with Gasteiger partial charge in [-0.2, -0.15) is 0 Å². The summed E-state index contributed by atoms with van der Waals surface area (Å²) in [5.41, 5.74) is 2.89. The van der Waals surface area contributed by atoms with Crippen molar-refractivity contribution in [3.63, 3.8) is 0 Å². The Hall–Kier alpha value is -1.68. The Morgan fingerprint density at radius 3 is 2.81 bits per heavy atom. The summed E-state index contributed by atoms with van der Waals surface area (Å²) in [6, 6.07) is 5.66. The molecule has 1 aromatic heterocycles. The Morgan fingerprint density at radius 1 is 1.44 bits per heavy atom. The summed E-state index contributed by atoms with van der Waals surface area (Å²) in [5.74, 6) is 0.889. The minimum atomic E-state index is -0.201. The Kier molecular flexibility index (Phi) is 2.75. The summed E-state index contributed by atoms with van der Waals surface area (Å²) < 4.78 is 0. The fraction of sp³-hybridized carbons (Fsp3) is 0.333. The van der Waals surface area contributed by atoms with Gasteiger partial charge in [-0.3, -0.25) is 4.90 Å². The highest BCUT2D eigenvalue weighted by Gasteiger charge is 2.13. The molecule has 0 bridgehead atoms. The molecule has 0 spiro atoms. The van der Waals surface area contributed by atoms with Gasteiger partial charge in [-0.1, -0.05) is 6.07 Å². The zero-order valence-corrected chi connectivity index (χ0v) is 9.69. The number of imidazole rings is 1. The highest BCUT2D eigenvalue weighted by molar-refractivity contribution is 5.77. The van der Waals surface area contributed by atoms with E-state index in [1.54, 1.807) is 0 Å². The van der Waals surface area contributed by atoms with Gasteiger partial charge in [0.1, 0.15) is 12.1 Å². The summed E-state index contributed by atoms with van der Waals surface area (Å²) in [6.07, 6.45) is 0.949. The van der Waals surface area contributed by atoms with Gasteiger partial charge >= 0.3 is 0 Å². The standard InChI is InChI=1S/C12H15N3O/c1-8-13-10-5-4-9(6-11(10)14-8)12(7-16)15(2)3/h4-7,12H,1-3H3,(H,13,14). The highest BCUT2D eigenvalue weighted by Crippen LogP contribution is 2.20. The summed E-state index contributed by atoms with van der Waals surface area (Å²) in [4.78, 5) is 20.4. The van der Waals surface area contributed by atoms with Gasteiger partial charge in [0, 0.05) is 0 Å². The number of aldehydes is 1. The molecule has 0 amide bonds. The van der Waals surface area contributed by atoms with Gasteiger partial charge in [-0.25, -0.2) is 4.98 Å². The molecule has 2 aromatic rings. The Balaban J connectivity index is 2.48. The fourth-order valence-corrected chi connectivity index (χ4v) is 1.84. The maximum absolute atomic E-state index is 11.0.